The van der Waals surface area contributed by atoms with Gasteiger partial charge >= 0.3 is 0 Å². The van der Waals surface area contributed by atoms with Crippen molar-refractivity contribution in [3.05, 3.63) is 72.6 Å². The lowest BCUT2D eigenvalue weighted by atomic mass is 10.1. The maximum absolute atomic E-state index is 10.0. The Kier molecular flexibility index (Phi) is 5.19. The van der Waals surface area contributed by atoms with Crippen molar-refractivity contribution in [2.24, 2.45) is 0 Å². The number of aromatic nitrogens is 1. The number of aliphatic hydroxyl groups excluding tert-OH is 1. The van der Waals surface area contributed by atoms with Crippen LogP contribution in [0.3, 0.4) is 0 Å². The van der Waals surface area contributed by atoms with Crippen LogP contribution >= 0.6 is 0 Å². The van der Waals surface area contributed by atoms with Crippen molar-refractivity contribution in [3.8, 4) is 5.75 Å². The van der Waals surface area contributed by atoms with Crippen LogP contribution in [-0.2, 0) is 6.54 Å². The highest BCUT2D eigenvalue weighted by atomic mass is 16.5. The summed E-state index contributed by atoms with van der Waals surface area (Å²) in [6.45, 7) is 1.45. The van der Waals surface area contributed by atoms with Crippen molar-refractivity contribution in [2.75, 3.05) is 13.2 Å². The van der Waals surface area contributed by atoms with E-state index in [9.17, 15) is 5.11 Å². The van der Waals surface area contributed by atoms with E-state index >= 15 is 0 Å². The molecule has 0 aliphatic heterocycles. The van der Waals surface area contributed by atoms with Crippen LogP contribution in [0.5, 0.6) is 5.75 Å². The molecule has 118 valence electrons. The van der Waals surface area contributed by atoms with Gasteiger partial charge in [-0.2, -0.15) is 0 Å². The van der Waals surface area contributed by atoms with Crippen LogP contribution < -0.4 is 10.1 Å². The van der Waals surface area contributed by atoms with E-state index < -0.39 is 6.10 Å². The quantitative estimate of drug-likeness (QED) is 0.705. The molecule has 1 heterocycles. The SMILES string of the molecule is OC(CNCc1ccncc1)COc1ccc2ccccc2c1. The first-order chi connectivity index (χ1) is 11.3. The van der Waals surface area contributed by atoms with Gasteiger partial charge in [-0.1, -0.05) is 30.3 Å². The molecule has 23 heavy (non-hydrogen) atoms. The second-order valence-electron chi connectivity index (χ2n) is 5.46. The van der Waals surface area contributed by atoms with Crippen LogP contribution in [0.1, 0.15) is 5.56 Å². The summed E-state index contributed by atoms with van der Waals surface area (Å²) in [5, 5.41) is 15.5. The number of ether oxygens (including phenoxy) is 1. The third-order valence-electron chi connectivity index (χ3n) is 3.62. The molecular weight excluding hydrogens is 288 g/mol. The second kappa shape index (κ2) is 7.72. The van der Waals surface area contributed by atoms with Crippen LogP contribution in [0.15, 0.2) is 67.0 Å². The summed E-state index contributed by atoms with van der Waals surface area (Å²) in [6.07, 6.45) is 2.97. The molecule has 0 radical (unpaired) electrons. The van der Waals surface area contributed by atoms with Gasteiger partial charge in [0.1, 0.15) is 18.5 Å². The molecular formula is C19H20N2O2. The lowest BCUT2D eigenvalue weighted by Gasteiger charge is -2.13. The largest absolute Gasteiger partial charge is 0.491 e. The summed E-state index contributed by atoms with van der Waals surface area (Å²) in [7, 11) is 0. The number of rotatable bonds is 7. The van der Waals surface area contributed by atoms with E-state index in [4.69, 9.17) is 4.74 Å². The van der Waals surface area contributed by atoms with E-state index in [0.717, 1.165) is 16.7 Å². The number of hydrogen-bond donors (Lipinski definition) is 2. The van der Waals surface area contributed by atoms with E-state index in [0.29, 0.717) is 13.1 Å². The number of pyridine rings is 1. The van der Waals surface area contributed by atoms with Crippen molar-refractivity contribution in [1.82, 2.24) is 10.3 Å². The van der Waals surface area contributed by atoms with E-state index in [2.05, 4.69) is 22.4 Å². The highest BCUT2D eigenvalue weighted by Crippen LogP contribution is 2.20. The minimum absolute atomic E-state index is 0.266. The fraction of sp³-hybridized carbons (Fsp3) is 0.211. The molecule has 4 nitrogen and oxygen atoms in total. The molecule has 0 bridgehead atoms. The summed E-state index contributed by atoms with van der Waals surface area (Å²) >= 11 is 0. The predicted molar refractivity (Wildman–Crippen MR) is 91.4 cm³/mol. The van der Waals surface area contributed by atoms with Gasteiger partial charge in [-0.25, -0.2) is 0 Å². The van der Waals surface area contributed by atoms with Crippen LogP contribution in [-0.4, -0.2) is 29.3 Å². The van der Waals surface area contributed by atoms with Gasteiger partial charge in [0, 0.05) is 25.5 Å². The molecule has 0 amide bonds. The highest BCUT2D eigenvalue weighted by Gasteiger charge is 2.05. The summed E-state index contributed by atoms with van der Waals surface area (Å²) in [6, 6.07) is 18.0. The van der Waals surface area contributed by atoms with Crippen molar-refractivity contribution in [3.63, 3.8) is 0 Å². The molecule has 0 spiro atoms. The minimum atomic E-state index is -0.552. The minimum Gasteiger partial charge on any atom is -0.491 e. The zero-order valence-electron chi connectivity index (χ0n) is 12.9. The molecule has 4 heteroatoms. The monoisotopic (exact) mass is 308 g/mol. The molecule has 1 aromatic heterocycles. The molecule has 0 saturated carbocycles. The summed E-state index contributed by atoms with van der Waals surface area (Å²) in [5.41, 5.74) is 1.14. The molecule has 2 aromatic carbocycles. The first-order valence-corrected chi connectivity index (χ1v) is 7.70. The molecule has 0 saturated heterocycles. The predicted octanol–water partition coefficient (Wildman–Crippen LogP) is 2.76. The van der Waals surface area contributed by atoms with Gasteiger partial charge in [0.05, 0.1) is 0 Å². The Morgan fingerprint density at radius 1 is 1.00 bits per heavy atom. The van der Waals surface area contributed by atoms with Crippen LogP contribution in [0.4, 0.5) is 0 Å². The molecule has 0 fully saturated rings. The Bertz CT molecular complexity index is 746. The first-order valence-electron chi connectivity index (χ1n) is 7.70. The van der Waals surface area contributed by atoms with Gasteiger partial charge in [-0.15, -0.1) is 0 Å². The molecule has 0 aliphatic carbocycles. The fourth-order valence-corrected chi connectivity index (χ4v) is 2.39. The van der Waals surface area contributed by atoms with E-state index in [1.807, 2.05) is 42.5 Å². The average molecular weight is 308 g/mol. The Labute approximate surface area is 135 Å². The Morgan fingerprint density at radius 2 is 1.78 bits per heavy atom. The summed E-state index contributed by atoms with van der Waals surface area (Å²) in [4.78, 5) is 3.98. The number of hydrogen-bond acceptors (Lipinski definition) is 4. The van der Waals surface area contributed by atoms with Crippen molar-refractivity contribution in [1.29, 1.82) is 0 Å². The van der Waals surface area contributed by atoms with Gasteiger partial charge in [-0.05, 0) is 40.6 Å². The highest BCUT2D eigenvalue weighted by molar-refractivity contribution is 5.83. The van der Waals surface area contributed by atoms with E-state index in [1.165, 1.54) is 5.39 Å². The zero-order valence-corrected chi connectivity index (χ0v) is 12.9. The van der Waals surface area contributed by atoms with Crippen molar-refractivity contribution in [2.45, 2.75) is 12.6 Å². The lowest BCUT2D eigenvalue weighted by Crippen LogP contribution is -2.31. The summed E-state index contributed by atoms with van der Waals surface area (Å²) in [5.74, 6) is 0.775. The number of aliphatic hydroxyl groups is 1. The Balaban J connectivity index is 1.45. The standard InChI is InChI=1S/C19H20N2O2/c22-18(13-21-12-15-7-9-20-10-8-15)14-23-19-6-5-16-3-1-2-4-17(16)11-19/h1-11,18,21-22H,12-14H2. The number of nitrogens with zero attached hydrogens (tertiary/aromatic N) is 1. The molecule has 1 atom stereocenters. The van der Waals surface area contributed by atoms with Gasteiger partial charge in [0.25, 0.3) is 0 Å². The first kappa shape index (κ1) is 15.5. The van der Waals surface area contributed by atoms with Crippen LogP contribution in [0.25, 0.3) is 10.8 Å². The number of fused-ring (bicyclic) bond motifs is 1. The normalized spacial score (nSPS) is 12.2. The maximum Gasteiger partial charge on any atom is 0.120 e. The maximum atomic E-state index is 10.0. The van der Waals surface area contributed by atoms with Gasteiger partial charge < -0.3 is 15.2 Å². The fourth-order valence-electron chi connectivity index (χ4n) is 2.39. The third kappa shape index (κ3) is 4.52. The van der Waals surface area contributed by atoms with Crippen LogP contribution in [0, 0.1) is 0 Å². The molecule has 3 aromatic rings. The molecule has 3 rings (SSSR count). The molecule has 2 N–H and O–H groups in total. The summed E-state index contributed by atoms with van der Waals surface area (Å²) < 4.78 is 5.68. The third-order valence-corrected chi connectivity index (χ3v) is 3.62. The topological polar surface area (TPSA) is 54.4 Å². The Hall–Kier alpha value is -2.43. The van der Waals surface area contributed by atoms with E-state index in [-0.39, 0.29) is 6.61 Å². The van der Waals surface area contributed by atoms with Gasteiger partial charge in [-0.3, -0.25) is 4.98 Å². The molecule has 0 aliphatic rings. The second-order valence-corrected chi connectivity index (χ2v) is 5.46. The Morgan fingerprint density at radius 3 is 2.61 bits per heavy atom. The molecule has 1 unspecified atom stereocenters. The smallest absolute Gasteiger partial charge is 0.120 e. The van der Waals surface area contributed by atoms with Gasteiger partial charge in [0.2, 0.25) is 0 Å². The average Bonchev–Trinajstić information content (AvgIpc) is 2.61. The van der Waals surface area contributed by atoms with Crippen molar-refractivity contribution >= 4 is 10.8 Å². The number of benzene rings is 2. The number of nitrogens with one attached hydrogen (secondary N) is 1. The van der Waals surface area contributed by atoms with Crippen molar-refractivity contribution < 1.29 is 9.84 Å². The zero-order chi connectivity index (χ0) is 15.9. The lowest BCUT2D eigenvalue weighted by molar-refractivity contribution is 0.106. The van der Waals surface area contributed by atoms with E-state index in [1.54, 1.807) is 12.4 Å². The van der Waals surface area contributed by atoms with Gasteiger partial charge in [0.15, 0.2) is 0 Å². The van der Waals surface area contributed by atoms with Crippen LogP contribution in [0.2, 0.25) is 0 Å².